The highest BCUT2D eigenvalue weighted by molar-refractivity contribution is 5.83. The quantitative estimate of drug-likeness (QED) is 0.814. The molecule has 0 unspecified atom stereocenters. The molecule has 0 atom stereocenters. The van der Waals surface area contributed by atoms with Gasteiger partial charge in [0.15, 0.2) is 0 Å². The topological polar surface area (TPSA) is 73.2 Å². The number of benzene rings is 1. The lowest BCUT2D eigenvalue weighted by molar-refractivity contribution is -0.141. The number of methoxy groups -OCH3 is 1. The fourth-order valence-electron chi connectivity index (χ4n) is 1.66. The predicted molar refractivity (Wildman–Crippen MR) is 72.3 cm³/mol. The van der Waals surface area contributed by atoms with E-state index in [1.54, 1.807) is 17.1 Å². The molecule has 0 saturated heterocycles. The third-order valence-corrected chi connectivity index (χ3v) is 2.68. The maximum Gasteiger partial charge on any atom is 0.325 e. The first-order valence-corrected chi connectivity index (χ1v) is 6.11. The van der Waals surface area contributed by atoms with Gasteiger partial charge in [-0.05, 0) is 17.7 Å². The average Bonchev–Trinajstić information content (AvgIpc) is 2.94. The van der Waals surface area contributed by atoms with Gasteiger partial charge in [-0.3, -0.25) is 9.59 Å². The third kappa shape index (κ3) is 3.68. The fourth-order valence-corrected chi connectivity index (χ4v) is 1.66. The van der Waals surface area contributed by atoms with Crippen LogP contribution in [-0.2, 0) is 20.7 Å². The molecule has 0 aliphatic rings. The van der Waals surface area contributed by atoms with Gasteiger partial charge in [-0.25, -0.2) is 4.68 Å². The van der Waals surface area contributed by atoms with Gasteiger partial charge in [0, 0.05) is 6.20 Å². The maximum absolute atomic E-state index is 11.6. The fraction of sp³-hybridized carbons (Fsp3) is 0.214. The summed E-state index contributed by atoms with van der Waals surface area (Å²) < 4.78 is 6.14. The molecule has 1 aromatic carbocycles. The van der Waals surface area contributed by atoms with Crippen molar-refractivity contribution in [3.05, 3.63) is 48.3 Å². The number of rotatable bonds is 5. The molecule has 1 aromatic heterocycles. The van der Waals surface area contributed by atoms with Gasteiger partial charge in [0.05, 0.1) is 25.4 Å². The molecule has 0 radical (unpaired) electrons. The van der Waals surface area contributed by atoms with E-state index in [1.165, 1.54) is 7.11 Å². The molecule has 2 rings (SSSR count). The normalized spacial score (nSPS) is 10.1. The molecule has 20 heavy (non-hydrogen) atoms. The highest BCUT2D eigenvalue weighted by Crippen LogP contribution is 2.07. The second kappa shape index (κ2) is 6.51. The molecule has 1 amide bonds. The van der Waals surface area contributed by atoms with Crippen molar-refractivity contribution in [2.75, 3.05) is 13.7 Å². The van der Waals surface area contributed by atoms with Crippen LogP contribution in [0.25, 0.3) is 5.69 Å². The molecule has 0 spiro atoms. The zero-order chi connectivity index (χ0) is 14.4. The summed E-state index contributed by atoms with van der Waals surface area (Å²) in [5, 5.41) is 6.68. The lowest BCUT2D eigenvalue weighted by Gasteiger charge is -2.02. The summed E-state index contributed by atoms with van der Waals surface area (Å²) in [5.41, 5.74) is 1.70. The van der Waals surface area contributed by atoms with Crippen molar-refractivity contribution < 1.29 is 14.3 Å². The average molecular weight is 273 g/mol. The van der Waals surface area contributed by atoms with Crippen LogP contribution >= 0.6 is 0 Å². The van der Waals surface area contributed by atoms with Gasteiger partial charge in [0.25, 0.3) is 0 Å². The Morgan fingerprint density at radius 3 is 2.75 bits per heavy atom. The van der Waals surface area contributed by atoms with Crippen LogP contribution in [0, 0.1) is 0 Å². The van der Waals surface area contributed by atoms with E-state index >= 15 is 0 Å². The summed E-state index contributed by atoms with van der Waals surface area (Å²) in [7, 11) is 1.28. The van der Waals surface area contributed by atoms with E-state index < -0.39 is 5.97 Å². The summed E-state index contributed by atoms with van der Waals surface area (Å²) in [4.78, 5) is 22.5. The molecule has 0 fully saturated rings. The zero-order valence-corrected chi connectivity index (χ0v) is 11.1. The third-order valence-electron chi connectivity index (χ3n) is 2.68. The molecule has 0 bridgehead atoms. The van der Waals surface area contributed by atoms with Gasteiger partial charge in [0.2, 0.25) is 5.91 Å². The molecular weight excluding hydrogens is 258 g/mol. The van der Waals surface area contributed by atoms with E-state index in [9.17, 15) is 9.59 Å². The Balaban J connectivity index is 1.93. The second-order valence-electron chi connectivity index (χ2n) is 4.16. The molecule has 2 aromatic rings. The molecule has 0 aliphatic carbocycles. The zero-order valence-electron chi connectivity index (χ0n) is 11.1. The minimum Gasteiger partial charge on any atom is -0.468 e. The van der Waals surface area contributed by atoms with Gasteiger partial charge in [-0.2, -0.15) is 5.10 Å². The SMILES string of the molecule is COC(=O)CNC(=O)Cc1cnn(-c2ccccc2)c1. The number of nitrogens with one attached hydrogen (secondary N) is 1. The molecule has 6 heteroatoms. The maximum atomic E-state index is 11.6. The standard InChI is InChI=1S/C14H15N3O3/c1-20-14(19)9-15-13(18)7-11-8-16-17(10-11)12-5-3-2-4-6-12/h2-6,8,10H,7,9H2,1H3,(H,15,18). The largest absolute Gasteiger partial charge is 0.468 e. The van der Waals surface area contributed by atoms with Crippen molar-refractivity contribution in [2.24, 2.45) is 0 Å². The number of hydrogen-bond donors (Lipinski definition) is 1. The molecule has 1 N–H and O–H groups in total. The smallest absolute Gasteiger partial charge is 0.325 e. The number of hydrogen-bond acceptors (Lipinski definition) is 4. The number of esters is 1. The van der Waals surface area contributed by atoms with Crippen LogP contribution in [0.3, 0.4) is 0 Å². The van der Waals surface area contributed by atoms with E-state index in [-0.39, 0.29) is 18.9 Å². The lowest BCUT2D eigenvalue weighted by atomic mass is 10.2. The molecular formula is C14H15N3O3. The monoisotopic (exact) mass is 273 g/mol. The molecule has 0 aliphatic heterocycles. The van der Waals surface area contributed by atoms with E-state index in [1.807, 2.05) is 30.3 Å². The van der Waals surface area contributed by atoms with E-state index in [0.717, 1.165) is 11.3 Å². The Kier molecular flexibility index (Phi) is 4.49. The van der Waals surface area contributed by atoms with Crippen LogP contribution in [0.15, 0.2) is 42.7 Å². The van der Waals surface area contributed by atoms with E-state index in [4.69, 9.17) is 0 Å². The Morgan fingerprint density at radius 2 is 2.05 bits per heavy atom. The Hall–Kier alpha value is -2.63. The van der Waals surface area contributed by atoms with Crippen LogP contribution in [0.1, 0.15) is 5.56 Å². The van der Waals surface area contributed by atoms with Crippen molar-refractivity contribution in [3.63, 3.8) is 0 Å². The minimum absolute atomic E-state index is 0.123. The number of para-hydroxylation sites is 1. The Bertz CT molecular complexity index is 593. The van der Waals surface area contributed by atoms with E-state index in [0.29, 0.717) is 0 Å². The number of amides is 1. The molecule has 1 heterocycles. The van der Waals surface area contributed by atoms with Crippen molar-refractivity contribution in [2.45, 2.75) is 6.42 Å². The van der Waals surface area contributed by atoms with Crippen molar-refractivity contribution in [1.82, 2.24) is 15.1 Å². The van der Waals surface area contributed by atoms with Crippen molar-refractivity contribution in [3.8, 4) is 5.69 Å². The van der Waals surface area contributed by atoms with Crippen molar-refractivity contribution >= 4 is 11.9 Å². The summed E-state index contributed by atoms with van der Waals surface area (Å²) in [6, 6.07) is 9.61. The summed E-state index contributed by atoms with van der Waals surface area (Å²) in [6.45, 7) is -0.123. The van der Waals surface area contributed by atoms with Crippen LogP contribution in [-0.4, -0.2) is 35.3 Å². The number of carbonyl (C=O) groups excluding carboxylic acids is 2. The van der Waals surface area contributed by atoms with Crippen LogP contribution in [0.5, 0.6) is 0 Å². The first-order chi connectivity index (χ1) is 9.69. The van der Waals surface area contributed by atoms with Crippen LogP contribution < -0.4 is 5.32 Å². The van der Waals surface area contributed by atoms with Crippen LogP contribution in [0.4, 0.5) is 0 Å². The summed E-state index contributed by atoms with van der Waals surface area (Å²) >= 11 is 0. The number of ether oxygens (including phenoxy) is 1. The molecule has 104 valence electrons. The second-order valence-corrected chi connectivity index (χ2v) is 4.16. The Morgan fingerprint density at radius 1 is 1.30 bits per heavy atom. The van der Waals surface area contributed by atoms with Gasteiger partial charge in [-0.15, -0.1) is 0 Å². The van der Waals surface area contributed by atoms with Gasteiger partial charge in [-0.1, -0.05) is 18.2 Å². The highest BCUT2D eigenvalue weighted by Gasteiger charge is 2.08. The van der Waals surface area contributed by atoms with Crippen LogP contribution in [0.2, 0.25) is 0 Å². The first kappa shape index (κ1) is 13.8. The lowest BCUT2D eigenvalue weighted by Crippen LogP contribution is -2.31. The number of carbonyl (C=O) groups is 2. The number of nitrogens with zero attached hydrogens (tertiary/aromatic N) is 2. The molecule has 6 nitrogen and oxygen atoms in total. The highest BCUT2D eigenvalue weighted by atomic mass is 16.5. The number of aromatic nitrogens is 2. The first-order valence-electron chi connectivity index (χ1n) is 6.11. The molecule has 0 saturated carbocycles. The van der Waals surface area contributed by atoms with Crippen molar-refractivity contribution in [1.29, 1.82) is 0 Å². The van der Waals surface area contributed by atoms with Gasteiger partial charge < -0.3 is 10.1 Å². The Labute approximate surface area is 116 Å². The summed E-state index contributed by atoms with van der Waals surface area (Å²) in [6.07, 6.45) is 3.58. The predicted octanol–water partition coefficient (Wildman–Crippen LogP) is 0.704. The minimum atomic E-state index is -0.474. The van der Waals surface area contributed by atoms with E-state index in [2.05, 4.69) is 15.2 Å². The van der Waals surface area contributed by atoms with Gasteiger partial charge >= 0.3 is 5.97 Å². The van der Waals surface area contributed by atoms with Gasteiger partial charge in [0.1, 0.15) is 6.54 Å². The summed E-state index contributed by atoms with van der Waals surface area (Å²) in [5.74, 6) is -0.721.